The Labute approximate surface area is 124 Å². The predicted molar refractivity (Wildman–Crippen MR) is 81.1 cm³/mol. The maximum atomic E-state index is 12.6. The fourth-order valence-corrected chi connectivity index (χ4v) is 2.93. The summed E-state index contributed by atoms with van der Waals surface area (Å²) in [6, 6.07) is 5.21. The van der Waals surface area contributed by atoms with Crippen molar-refractivity contribution in [3.05, 3.63) is 29.3 Å². The summed E-state index contributed by atoms with van der Waals surface area (Å²) in [6.45, 7) is 2.15. The Bertz CT molecular complexity index is 548. The van der Waals surface area contributed by atoms with E-state index in [-0.39, 0.29) is 5.91 Å². The number of methoxy groups -OCH3 is 1. The zero-order valence-electron chi connectivity index (χ0n) is 12.6. The molecule has 1 aromatic rings. The number of nitrogens with one attached hydrogen (secondary N) is 1. The number of hydrogen-bond acceptors (Lipinski definition) is 4. The van der Waals surface area contributed by atoms with E-state index in [0.717, 1.165) is 25.7 Å². The Hall–Kier alpha value is -1.88. The fraction of sp³-hybridized carbons (Fsp3) is 0.500. The third-order valence-corrected chi connectivity index (χ3v) is 4.42. The Kier molecular flexibility index (Phi) is 4.63. The second kappa shape index (κ2) is 6.26. The molecule has 2 rings (SSSR count). The summed E-state index contributed by atoms with van der Waals surface area (Å²) in [7, 11) is 1.34. The van der Waals surface area contributed by atoms with Gasteiger partial charge in [0.2, 0.25) is 5.91 Å². The fourth-order valence-electron chi connectivity index (χ4n) is 2.93. The number of anilines is 1. The topological polar surface area (TPSA) is 81.4 Å². The molecule has 1 amide bonds. The molecule has 1 aliphatic carbocycles. The van der Waals surface area contributed by atoms with Crippen LogP contribution in [0.4, 0.5) is 5.69 Å². The van der Waals surface area contributed by atoms with Crippen molar-refractivity contribution in [2.24, 2.45) is 11.1 Å². The summed E-state index contributed by atoms with van der Waals surface area (Å²) < 4.78 is 4.75. The first-order valence-corrected chi connectivity index (χ1v) is 7.23. The van der Waals surface area contributed by atoms with Gasteiger partial charge in [-0.1, -0.05) is 18.9 Å². The minimum absolute atomic E-state index is 0.0485. The van der Waals surface area contributed by atoms with E-state index in [1.165, 1.54) is 7.11 Å². The minimum Gasteiger partial charge on any atom is -0.465 e. The monoisotopic (exact) mass is 290 g/mol. The average molecular weight is 290 g/mol. The lowest BCUT2D eigenvalue weighted by Gasteiger charge is -2.26. The smallest absolute Gasteiger partial charge is 0.338 e. The molecule has 0 radical (unpaired) electrons. The van der Waals surface area contributed by atoms with Crippen molar-refractivity contribution < 1.29 is 14.3 Å². The number of esters is 1. The number of amides is 1. The van der Waals surface area contributed by atoms with Gasteiger partial charge in [-0.2, -0.15) is 0 Å². The summed E-state index contributed by atoms with van der Waals surface area (Å²) >= 11 is 0. The van der Waals surface area contributed by atoms with Crippen molar-refractivity contribution in [2.75, 3.05) is 19.0 Å². The average Bonchev–Trinajstić information content (AvgIpc) is 2.98. The molecule has 0 atom stereocenters. The number of carbonyl (C=O) groups is 2. The van der Waals surface area contributed by atoms with Crippen molar-refractivity contribution in [1.29, 1.82) is 0 Å². The molecule has 3 N–H and O–H groups in total. The molecule has 21 heavy (non-hydrogen) atoms. The lowest BCUT2D eigenvalue weighted by molar-refractivity contribution is -0.124. The zero-order chi connectivity index (χ0) is 15.5. The number of ether oxygens (including phenoxy) is 1. The van der Waals surface area contributed by atoms with Crippen molar-refractivity contribution in [2.45, 2.75) is 32.6 Å². The molecule has 1 fully saturated rings. The molecule has 1 aromatic carbocycles. The number of nitrogens with two attached hydrogens (primary N) is 1. The third kappa shape index (κ3) is 2.93. The maximum absolute atomic E-state index is 12.6. The Morgan fingerprint density at radius 2 is 2.00 bits per heavy atom. The van der Waals surface area contributed by atoms with Crippen LogP contribution in [0.5, 0.6) is 0 Å². The van der Waals surface area contributed by atoms with Crippen LogP contribution in [0.15, 0.2) is 18.2 Å². The molecule has 0 heterocycles. The number of rotatable bonds is 4. The molecular weight excluding hydrogens is 268 g/mol. The van der Waals surface area contributed by atoms with E-state index in [0.29, 0.717) is 23.4 Å². The van der Waals surface area contributed by atoms with Gasteiger partial charge >= 0.3 is 5.97 Å². The highest BCUT2D eigenvalue weighted by molar-refractivity contribution is 5.99. The maximum Gasteiger partial charge on any atom is 0.338 e. The van der Waals surface area contributed by atoms with Gasteiger partial charge < -0.3 is 15.8 Å². The van der Waals surface area contributed by atoms with Crippen LogP contribution in [-0.2, 0) is 9.53 Å². The second-order valence-corrected chi connectivity index (χ2v) is 5.62. The van der Waals surface area contributed by atoms with E-state index < -0.39 is 11.4 Å². The Morgan fingerprint density at radius 1 is 1.33 bits per heavy atom. The van der Waals surface area contributed by atoms with E-state index in [4.69, 9.17) is 10.5 Å². The van der Waals surface area contributed by atoms with Gasteiger partial charge in [0.1, 0.15) is 0 Å². The second-order valence-electron chi connectivity index (χ2n) is 5.62. The summed E-state index contributed by atoms with van der Waals surface area (Å²) in [5.41, 5.74) is 7.18. The SMILES string of the molecule is COC(=O)c1cccc(NC(=O)C2(CN)CCCC2)c1C. The highest BCUT2D eigenvalue weighted by atomic mass is 16.5. The molecule has 0 bridgehead atoms. The number of benzene rings is 1. The summed E-state index contributed by atoms with van der Waals surface area (Å²) in [5.74, 6) is -0.453. The van der Waals surface area contributed by atoms with Crippen molar-refractivity contribution in [1.82, 2.24) is 0 Å². The van der Waals surface area contributed by atoms with Crippen LogP contribution in [0, 0.1) is 12.3 Å². The number of carbonyl (C=O) groups excluding carboxylic acids is 2. The van der Waals surface area contributed by atoms with Gasteiger partial charge in [0, 0.05) is 12.2 Å². The van der Waals surface area contributed by atoms with E-state index in [1.54, 1.807) is 25.1 Å². The molecule has 5 heteroatoms. The van der Waals surface area contributed by atoms with Crippen molar-refractivity contribution >= 4 is 17.6 Å². The Morgan fingerprint density at radius 3 is 2.57 bits per heavy atom. The normalized spacial score (nSPS) is 16.5. The van der Waals surface area contributed by atoms with Crippen LogP contribution in [0.2, 0.25) is 0 Å². The summed E-state index contributed by atoms with van der Waals surface area (Å²) in [4.78, 5) is 24.3. The predicted octanol–water partition coefficient (Wildman–Crippen LogP) is 2.24. The lowest BCUT2D eigenvalue weighted by atomic mass is 9.85. The standard InChI is InChI=1S/C16H22N2O3/c1-11-12(14(19)21-2)6-5-7-13(11)18-15(20)16(10-17)8-3-4-9-16/h5-7H,3-4,8-10,17H2,1-2H3,(H,18,20). The van der Waals surface area contributed by atoms with Crippen LogP contribution in [-0.4, -0.2) is 25.5 Å². The summed E-state index contributed by atoms with van der Waals surface area (Å²) in [6.07, 6.45) is 3.72. The third-order valence-electron chi connectivity index (χ3n) is 4.42. The van der Waals surface area contributed by atoms with Crippen LogP contribution < -0.4 is 11.1 Å². The molecule has 1 saturated carbocycles. The first-order chi connectivity index (χ1) is 10.0. The van der Waals surface area contributed by atoms with Crippen LogP contribution in [0.3, 0.4) is 0 Å². The molecule has 0 saturated heterocycles. The van der Waals surface area contributed by atoms with Crippen LogP contribution in [0.25, 0.3) is 0 Å². The van der Waals surface area contributed by atoms with Crippen molar-refractivity contribution in [3.63, 3.8) is 0 Å². The van der Waals surface area contributed by atoms with Crippen LogP contribution >= 0.6 is 0 Å². The molecule has 0 spiro atoms. The summed E-state index contributed by atoms with van der Waals surface area (Å²) in [5, 5.41) is 2.94. The molecule has 0 aromatic heterocycles. The van der Waals surface area contributed by atoms with Crippen molar-refractivity contribution in [3.8, 4) is 0 Å². The lowest BCUT2D eigenvalue weighted by Crippen LogP contribution is -2.40. The van der Waals surface area contributed by atoms with E-state index in [9.17, 15) is 9.59 Å². The van der Waals surface area contributed by atoms with Gasteiger partial charge in [-0.3, -0.25) is 4.79 Å². The first kappa shape index (κ1) is 15.5. The van der Waals surface area contributed by atoms with Gasteiger partial charge in [-0.15, -0.1) is 0 Å². The van der Waals surface area contributed by atoms with Gasteiger partial charge in [0.15, 0.2) is 0 Å². The van der Waals surface area contributed by atoms with E-state index in [1.807, 2.05) is 0 Å². The zero-order valence-corrected chi connectivity index (χ0v) is 12.6. The minimum atomic E-state index is -0.465. The van der Waals surface area contributed by atoms with Gasteiger partial charge in [-0.05, 0) is 37.5 Å². The molecule has 114 valence electrons. The highest BCUT2D eigenvalue weighted by Gasteiger charge is 2.39. The van der Waals surface area contributed by atoms with Gasteiger partial charge in [-0.25, -0.2) is 4.79 Å². The molecule has 1 aliphatic rings. The largest absolute Gasteiger partial charge is 0.465 e. The molecule has 0 unspecified atom stereocenters. The Balaban J connectivity index is 2.23. The molecule has 5 nitrogen and oxygen atoms in total. The van der Waals surface area contributed by atoms with Gasteiger partial charge in [0.25, 0.3) is 0 Å². The van der Waals surface area contributed by atoms with Gasteiger partial charge in [0.05, 0.1) is 18.1 Å². The number of hydrogen-bond donors (Lipinski definition) is 2. The molecule has 0 aliphatic heterocycles. The van der Waals surface area contributed by atoms with E-state index in [2.05, 4.69) is 5.32 Å². The highest BCUT2D eigenvalue weighted by Crippen LogP contribution is 2.38. The quantitative estimate of drug-likeness (QED) is 0.833. The van der Waals surface area contributed by atoms with E-state index >= 15 is 0 Å². The first-order valence-electron chi connectivity index (χ1n) is 7.23. The van der Waals surface area contributed by atoms with Crippen LogP contribution in [0.1, 0.15) is 41.6 Å². The molecular formula is C16H22N2O3.